The molecule has 37 heavy (non-hydrogen) atoms. The van der Waals surface area contributed by atoms with E-state index in [4.69, 9.17) is 14.5 Å². The van der Waals surface area contributed by atoms with Gasteiger partial charge in [-0.05, 0) is 49.5 Å². The van der Waals surface area contributed by atoms with E-state index in [0.717, 1.165) is 81.9 Å². The van der Waals surface area contributed by atoms with Crippen LogP contribution < -0.4 is 15.3 Å². The average molecular weight is 499 g/mol. The van der Waals surface area contributed by atoms with E-state index in [-0.39, 0.29) is 0 Å². The van der Waals surface area contributed by atoms with E-state index in [1.807, 2.05) is 0 Å². The highest BCUT2D eigenvalue weighted by atomic mass is 16.5. The van der Waals surface area contributed by atoms with Crippen molar-refractivity contribution in [2.75, 3.05) is 46.6 Å². The van der Waals surface area contributed by atoms with E-state index >= 15 is 0 Å². The first-order valence-corrected chi connectivity index (χ1v) is 13.7. The topological polar surface area (TPSA) is 40.5 Å². The van der Waals surface area contributed by atoms with E-state index in [2.05, 4.69) is 76.2 Å². The maximum atomic E-state index is 6.39. The summed E-state index contributed by atoms with van der Waals surface area (Å²) in [4.78, 5) is 12.5. The lowest BCUT2D eigenvalue weighted by atomic mass is 10.00. The van der Waals surface area contributed by atoms with E-state index in [9.17, 15) is 0 Å². The third-order valence-corrected chi connectivity index (χ3v) is 8.25. The van der Waals surface area contributed by atoms with Crippen molar-refractivity contribution in [2.45, 2.75) is 45.3 Å². The van der Waals surface area contributed by atoms with Gasteiger partial charge in [-0.15, -0.1) is 0 Å². The first-order chi connectivity index (χ1) is 18.2. The minimum atomic E-state index is 0.298. The van der Waals surface area contributed by atoms with Gasteiger partial charge in [0.25, 0.3) is 0 Å². The van der Waals surface area contributed by atoms with Crippen molar-refractivity contribution in [2.24, 2.45) is 4.99 Å². The number of benzene rings is 2. The highest BCUT2D eigenvalue weighted by Crippen LogP contribution is 2.29. The predicted molar refractivity (Wildman–Crippen MR) is 146 cm³/mol. The molecule has 2 aromatic carbocycles. The molecular formula is C31H38N4O2. The van der Waals surface area contributed by atoms with Crippen molar-refractivity contribution in [3.8, 4) is 5.75 Å². The Balaban J connectivity index is 1.21. The number of ether oxygens (including phenoxy) is 2. The van der Waals surface area contributed by atoms with Crippen molar-refractivity contribution in [1.82, 2.24) is 14.7 Å². The molecule has 1 atom stereocenters. The van der Waals surface area contributed by atoms with Gasteiger partial charge in [0, 0.05) is 62.6 Å². The van der Waals surface area contributed by atoms with Crippen LogP contribution in [0.1, 0.15) is 48.9 Å². The maximum Gasteiger partial charge on any atom is 0.151 e. The molecule has 6 heteroatoms. The number of nitrogens with zero attached hydrogens (tertiary/aromatic N) is 4. The summed E-state index contributed by atoms with van der Waals surface area (Å²) in [6.45, 7) is 9.76. The number of hydrogen-bond acceptors (Lipinski definition) is 6. The first kappa shape index (κ1) is 24.3. The summed E-state index contributed by atoms with van der Waals surface area (Å²) in [6, 6.07) is 13.4. The Labute approximate surface area is 220 Å². The second-order valence-electron chi connectivity index (χ2n) is 10.5. The van der Waals surface area contributed by atoms with E-state index in [1.165, 1.54) is 27.6 Å². The standard InChI is InChI=1S/C31H38N4O2/c1-23(24-9-4-3-5-10-24)35-21-26-19-25(27-11-8-14-32-30(27)31(26)37-22-35)20-33-15-17-34(18-16-33)28-12-6-7-13-29(28)36-2/h3-5,7,9-11,13,19,23H,6,8,12,14-18,20-22H2,1-2H3/t23-/m0/s1. The Morgan fingerprint density at radius 1 is 1.08 bits per heavy atom. The minimum absolute atomic E-state index is 0.298. The zero-order valence-electron chi connectivity index (χ0n) is 22.2. The smallest absolute Gasteiger partial charge is 0.151 e. The van der Waals surface area contributed by atoms with Crippen molar-refractivity contribution in [3.63, 3.8) is 0 Å². The lowest BCUT2D eigenvalue weighted by Crippen LogP contribution is -2.47. The Morgan fingerprint density at radius 2 is 1.92 bits per heavy atom. The fraction of sp³-hybridized carbons (Fsp3) is 0.452. The number of fused-ring (bicyclic) bond motifs is 3. The summed E-state index contributed by atoms with van der Waals surface area (Å²) in [7, 11) is 1.79. The van der Waals surface area contributed by atoms with Crippen LogP contribution in [0.15, 0.2) is 65.0 Å². The van der Waals surface area contributed by atoms with Crippen molar-refractivity contribution in [1.29, 1.82) is 0 Å². The summed E-state index contributed by atoms with van der Waals surface area (Å²) >= 11 is 0. The van der Waals surface area contributed by atoms with Gasteiger partial charge in [0.15, 0.2) is 5.75 Å². The molecule has 3 heterocycles. The Bertz CT molecular complexity index is 1310. The molecule has 0 amide bonds. The molecule has 3 aliphatic heterocycles. The maximum absolute atomic E-state index is 6.39. The summed E-state index contributed by atoms with van der Waals surface area (Å²) in [6.07, 6.45) is 9.90. The van der Waals surface area contributed by atoms with Gasteiger partial charge >= 0.3 is 0 Å². The molecule has 0 radical (unpaired) electrons. The molecule has 6 rings (SSSR count). The van der Waals surface area contributed by atoms with Gasteiger partial charge < -0.3 is 14.4 Å². The number of rotatable bonds is 6. The van der Waals surface area contributed by atoms with E-state index < -0.39 is 0 Å². The first-order valence-electron chi connectivity index (χ1n) is 13.7. The molecule has 0 unspecified atom stereocenters. The molecule has 6 nitrogen and oxygen atoms in total. The molecule has 0 aromatic heterocycles. The van der Waals surface area contributed by atoms with Crippen LogP contribution in [-0.4, -0.2) is 61.3 Å². The molecule has 194 valence electrons. The molecule has 1 fully saturated rings. The van der Waals surface area contributed by atoms with Gasteiger partial charge in [-0.2, -0.15) is 0 Å². The minimum Gasteiger partial charge on any atom is -0.495 e. The number of allylic oxidation sites excluding steroid dienone is 3. The second-order valence-corrected chi connectivity index (χ2v) is 10.5. The number of methoxy groups -OCH3 is 1. The van der Waals surface area contributed by atoms with Crippen LogP contribution in [0.25, 0.3) is 6.08 Å². The molecule has 0 spiro atoms. The van der Waals surface area contributed by atoms with Crippen LogP contribution >= 0.6 is 0 Å². The van der Waals surface area contributed by atoms with E-state index in [0.29, 0.717) is 12.8 Å². The van der Waals surface area contributed by atoms with Gasteiger partial charge in [-0.25, -0.2) is 0 Å². The lowest BCUT2D eigenvalue weighted by Gasteiger charge is -2.38. The molecule has 2 aromatic rings. The quantitative estimate of drug-likeness (QED) is 0.607. The summed E-state index contributed by atoms with van der Waals surface area (Å²) < 4.78 is 12.0. The van der Waals surface area contributed by atoms with Crippen LogP contribution in [0.4, 0.5) is 0 Å². The van der Waals surface area contributed by atoms with Crippen LogP contribution in [0.5, 0.6) is 5.75 Å². The summed E-state index contributed by atoms with van der Waals surface area (Å²) in [5, 5.41) is 2.37. The van der Waals surface area contributed by atoms with Crippen LogP contribution in [0.3, 0.4) is 0 Å². The molecule has 1 saturated heterocycles. The fourth-order valence-electron chi connectivity index (χ4n) is 6.11. The third kappa shape index (κ3) is 4.92. The SMILES string of the molecule is COC1=C(N2CCN(Cc3cc4c(c5c3=CCCN=5)OCN([C@@H](C)c3ccccc3)C4)CC2)CCC=C1. The lowest BCUT2D eigenvalue weighted by molar-refractivity contribution is 0.0602. The van der Waals surface area contributed by atoms with Gasteiger partial charge in [0.1, 0.15) is 17.8 Å². The van der Waals surface area contributed by atoms with Crippen molar-refractivity contribution >= 4 is 6.08 Å². The average Bonchev–Trinajstić information content (AvgIpc) is 2.97. The Hall–Kier alpha value is -3.09. The Morgan fingerprint density at radius 3 is 2.73 bits per heavy atom. The third-order valence-electron chi connectivity index (χ3n) is 8.25. The summed E-state index contributed by atoms with van der Waals surface area (Å²) in [5.74, 6) is 2.04. The second kappa shape index (κ2) is 10.7. The fourth-order valence-corrected chi connectivity index (χ4v) is 6.11. The van der Waals surface area contributed by atoms with Gasteiger partial charge in [-0.3, -0.25) is 14.8 Å². The largest absolute Gasteiger partial charge is 0.495 e. The zero-order chi connectivity index (χ0) is 25.2. The molecule has 0 N–H and O–H groups in total. The van der Waals surface area contributed by atoms with Crippen molar-refractivity contribution in [3.05, 3.63) is 87.3 Å². The number of piperazine rings is 1. The molecular weight excluding hydrogens is 460 g/mol. The highest BCUT2D eigenvalue weighted by Gasteiger charge is 2.27. The molecule has 0 saturated carbocycles. The summed E-state index contributed by atoms with van der Waals surface area (Å²) in [5.41, 5.74) is 5.35. The van der Waals surface area contributed by atoms with Crippen LogP contribution in [-0.2, 0) is 17.8 Å². The zero-order valence-corrected chi connectivity index (χ0v) is 22.2. The molecule has 1 aliphatic carbocycles. The van der Waals surface area contributed by atoms with Crippen molar-refractivity contribution < 1.29 is 9.47 Å². The van der Waals surface area contributed by atoms with E-state index in [1.54, 1.807) is 7.11 Å². The monoisotopic (exact) mass is 498 g/mol. The van der Waals surface area contributed by atoms with Crippen LogP contribution in [0.2, 0.25) is 0 Å². The molecule has 4 aliphatic rings. The Kier molecular flexibility index (Phi) is 7.03. The molecule has 0 bridgehead atoms. The van der Waals surface area contributed by atoms with Crippen LogP contribution in [0, 0.1) is 0 Å². The highest BCUT2D eigenvalue weighted by molar-refractivity contribution is 5.44. The van der Waals surface area contributed by atoms with Gasteiger partial charge in [0.2, 0.25) is 0 Å². The predicted octanol–water partition coefficient (Wildman–Crippen LogP) is 3.73. The normalized spacial score (nSPS) is 20.9. The number of hydrogen-bond donors (Lipinski definition) is 0. The van der Waals surface area contributed by atoms with Gasteiger partial charge in [0.05, 0.1) is 12.8 Å². The van der Waals surface area contributed by atoms with Gasteiger partial charge in [-0.1, -0.05) is 42.5 Å².